The molecule has 0 aliphatic carbocycles. The molecule has 1 aliphatic heterocycles. The summed E-state index contributed by atoms with van der Waals surface area (Å²) in [6.07, 6.45) is -0.256. The van der Waals surface area contributed by atoms with Crippen molar-refractivity contribution in [3.63, 3.8) is 0 Å². The van der Waals surface area contributed by atoms with Crippen LogP contribution in [0.3, 0.4) is 0 Å². The molecule has 2 aromatic rings. The molecule has 0 radical (unpaired) electrons. The number of hydrogen-bond donors (Lipinski definition) is 1. The summed E-state index contributed by atoms with van der Waals surface area (Å²) in [4.78, 5) is 14.4. The van der Waals surface area contributed by atoms with Gasteiger partial charge >= 0.3 is 6.09 Å². The van der Waals surface area contributed by atoms with Gasteiger partial charge in [-0.05, 0) is 49.6 Å². The van der Waals surface area contributed by atoms with Gasteiger partial charge in [0.15, 0.2) is 0 Å². The number of carbonyl (C=O) groups excluding carboxylic acids is 1. The van der Waals surface area contributed by atoms with E-state index in [1.54, 1.807) is 7.11 Å². The highest BCUT2D eigenvalue weighted by Crippen LogP contribution is 2.28. The number of ether oxygens (including phenoxy) is 2. The highest BCUT2D eigenvalue weighted by molar-refractivity contribution is 5.69. The second-order valence-corrected chi connectivity index (χ2v) is 7.74. The van der Waals surface area contributed by atoms with E-state index in [2.05, 4.69) is 29.6 Å². The second-order valence-electron chi connectivity index (χ2n) is 7.74. The van der Waals surface area contributed by atoms with Crippen molar-refractivity contribution in [3.8, 4) is 16.9 Å². The van der Waals surface area contributed by atoms with Gasteiger partial charge in [-0.1, -0.05) is 36.4 Å². The van der Waals surface area contributed by atoms with Crippen LogP contribution in [0.1, 0.15) is 32.4 Å². The number of amides is 1. The number of methoxy groups -OCH3 is 1. The Morgan fingerprint density at radius 3 is 2.19 bits per heavy atom. The van der Waals surface area contributed by atoms with Crippen molar-refractivity contribution in [1.82, 2.24) is 10.2 Å². The summed E-state index contributed by atoms with van der Waals surface area (Å²) >= 11 is 0. The smallest absolute Gasteiger partial charge is 0.410 e. The molecule has 0 spiro atoms. The van der Waals surface area contributed by atoms with E-state index < -0.39 is 5.60 Å². The third-order valence-electron chi connectivity index (χ3n) is 4.59. The molecular weight excluding hydrogens is 340 g/mol. The van der Waals surface area contributed by atoms with Crippen LogP contribution in [0, 0.1) is 0 Å². The average Bonchev–Trinajstić information content (AvgIpc) is 2.67. The number of nitrogens with one attached hydrogen (secondary N) is 1. The first-order valence-electron chi connectivity index (χ1n) is 9.32. The van der Waals surface area contributed by atoms with Crippen molar-refractivity contribution < 1.29 is 14.3 Å². The van der Waals surface area contributed by atoms with Gasteiger partial charge in [-0.15, -0.1) is 0 Å². The molecule has 1 unspecified atom stereocenters. The zero-order valence-electron chi connectivity index (χ0n) is 16.5. The number of hydrogen-bond acceptors (Lipinski definition) is 4. The molecule has 0 aromatic heterocycles. The first kappa shape index (κ1) is 19.2. The van der Waals surface area contributed by atoms with Gasteiger partial charge in [-0.3, -0.25) is 4.90 Å². The fraction of sp³-hybridized carbons (Fsp3) is 0.409. The van der Waals surface area contributed by atoms with Crippen molar-refractivity contribution in [3.05, 3.63) is 54.1 Å². The van der Waals surface area contributed by atoms with E-state index in [0.717, 1.165) is 35.5 Å². The minimum Gasteiger partial charge on any atom is -0.497 e. The molecule has 1 aliphatic rings. The molecule has 0 bridgehead atoms. The molecule has 27 heavy (non-hydrogen) atoms. The number of piperazine rings is 1. The Balaban J connectivity index is 1.78. The maximum Gasteiger partial charge on any atom is 0.410 e. The fourth-order valence-corrected chi connectivity index (χ4v) is 3.22. The lowest BCUT2D eigenvalue weighted by Crippen LogP contribution is -2.50. The standard InChI is InChI=1S/C22H28N2O3/c1-22(2,3)27-21(25)24-14-13-23-15-20(24)18-7-5-16(6-8-18)17-9-11-19(26-4)12-10-17/h5-12,20,23H,13-15H2,1-4H3. The molecule has 1 atom stereocenters. The Kier molecular flexibility index (Phi) is 5.71. The molecule has 144 valence electrons. The van der Waals surface area contributed by atoms with E-state index in [1.807, 2.05) is 49.9 Å². The van der Waals surface area contributed by atoms with Gasteiger partial charge in [0, 0.05) is 19.6 Å². The number of carbonyl (C=O) groups is 1. The lowest BCUT2D eigenvalue weighted by Gasteiger charge is -2.37. The van der Waals surface area contributed by atoms with Gasteiger partial charge in [-0.25, -0.2) is 4.79 Å². The first-order valence-corrected chi connectivity index (χ1v) is 9.32. The molecule has 1 saturated heterocycles. The monoisotopic (exact) mass is 368 g/mol. The number of rotatable bonds is 3. The molecule has 3 rings (SSSR count). The average molecular weight is 368 g/mol. The maximum absolute atomic E-state index is 12.6. The Hall–Kier alpha value is -2.53. The van der Waals surface area contributed by atoms with E-state index in [9.17, 15) is 4.79 Å². The molecule has 1 amide bonds. The summed E-state index contributed by atoms with van der Waals surface area (Å²) < 4.78 is 10.8. The fourth-order valence-electron chi connectivity index (χ4n) is 3.22. The normalized spacial score (nSPS) is 17.5. The van der Waals surface area contributed by atoms with Crippen LogP contribution < -0.4 is 10.1 Å². The van der Waals surface area contributed by atoms with Crippen molar-refractivity contribution in [1.29, 1.82) is 0 Å². The van der Waals surface area contributed by atoms with Crippen LogP contribution in [0.4, 0.5) is 4.79 Å². The quantitative estimate of drug-likeness (QED) is 0.880. The maximum atomic E-state index is 12.6. The molecule has 2 aromatic carbocycles. The van der Waals surface area contributed by atoms with Crippen molar-refractivity contribution in [2.45, 2.75) is 32.4 Å². The van der Waals surface area contributed by atoms with E-state index in [-0.39, 0.29) is 12.1 Å². The van der Waals surface area contributed by atoms with Crippen LogP contribution in [0.15, 0.2) is 48.5 Å². The highest BCUT2D eigenvalue weighted by Gasteiger charge is 2.31. The molecule has 0 saturated carbocycles. The van der Waals surface area contributed by atoms with Gasteiger partial charge in [0.2, 0.25) is 0 Å². The van der Waals surface area contributed by atoms with Gasteiger partial charge in [0.25, 0.3) is 0 Å². The molecule has 1 fully saturated rings. The van der Waals surface area contributed by atoms with Gasteiger partial charge in [0.05, 0.1) is 13.2 Å². The molecule has 5 nitrogen and oxygen atoms in total. The van der Waals surface area contributed by atoms with Gasteiger partial charge < -0.3 is 14.8 Å². The Labute approximate surface area is 161 Å². The van der Waals surface area contributed by atoms with Gasteiger partial charge in [0.1, 0.15) is 11.4 Å². The summed E-state index contributed by atoms with van der Waals surface area (Å²) in [5.74, 6) is 0.844. The molecular formula is C22H28N2O3. The molecule has 5 heteroatoms. The van der Waals surface area contributed by atoms with Crippen LogP contribution in [0.5, 0.6) is 5.75 Å². The Bertz CT molecular complexity index is 764. The lowest BCUT2D eigenvalue weighted by molar-refractivity contribution is 0.0118. The lowest BCUT2D eigenvalue weighted by atomic mass is 9.99. The summed E-state index contributed by atoms with van der Waals surface area (Å²) in [7, 11) is 1.67. The Morgan fingerprint density at radius 2 is 1.63 bits per heavy atom. The van der Waals surface area contributed by atoms with Crippen molar-refractivity contribution in [2.75, 3.05) is 26.7 Å². The minimum atomic E-state index is -0.495. The van der Waals surface area contributed by atoms with E-state index in [0.29, 0.717) is 6.54 Å². The summed E-state index contributed by atoms with van der Waals surface area (Å²) in [6.45, 7) is 7.82. The number of nitrogens with zero attached hydrogens (tertiary/aromatic N) is 1. The van der Waals surface area contributed by atoms with E-state index >= 15 is 0 Å². The van der Waals surface area contributed by atoms with Crippen LogP contribution >= 0.6 is 0 Å². The second kappa shape index (κ2) is 8.01. The van der Waals surface area contributed by atoms with Crippen LogP contribution in [-0.4, -0.2) is 43.3 Å². The van der Waals surface area contributed by atoms with E-state index in [4.69, 9.17) is 9.47 Å². The van der Waals surface area contributed by atoms with Crippen LogP contribution in [0.25, 0.3) is 11.1 Å². The Morgan fingerprint density at radius 1 is 1.04 bits per heavy atom. The van der Waals surface area contributed by atoms with E-state index in [1.165, 1.54) is 0 Å². The number of benzene rings is 2. The van der Waals surface area contributed by atoms with Crippen LogP contribution in [-0.2, 0) is 4.74 Å². The zero-order valence-corrected chi connectivity index (χ0v) is 16.5. The third kappa shape index (κ3) is 4.80. The molecule has 1 heterocycles. The SMILES string of the molecule is COc1ccc(-c2ccc(C3CNCCN3C(=O)OC(C)(C)C)cc2)cc1. The molecule has 1 N–H and O–H groups in total. The summed E-state index contributed by atoms with van der Waals surface area (Å²) in [5.41, 5.74) is 2.87. The predicted molar refractivity (Wildman–Crippen MR) is 107 cm³/mol. The summed E-state index contributed by atoms with van der Waals surface area (Å²) in [5, 5.41) is 3.38. The van der Waals surface area contributed by atoms with Crippen molar-refractivity contribution in [2.24, 2.45) is 0 Å². The minimum absolute atomic E-state index is 0.0292. The highest BCUT2D eigenvalue weighted by atomic mass is 16.6. The zero-order chi connectivity index (χ0) is 19.4. The topological polar surface area (TPSA) is 50.8 Å². The largest absolute Gasteiger partial charge is 0.497 e. The third-order valence-corrected chi connectivity index (χ3v) is 4.59. The predicted octanol–water partition coefficient (Wildman–Crippen LogP) is 4.24. The first-order chi connectivity index (χ1) is 12.9. The van der Waals surface area contributed by atoms with Crippen LogP contribution in [0.2, 0.25) is 0 Å². The van der Waals surface area contributed by atoms with Gasteiger partial charge in [-0.2, -0.15) is 0 Å². The van der Waals surface area contributed by atoms with Crippen molar-refractivity contribution >= 4 is 6.09 Å². The summed E-state index contributed by atoms with van der Waals surface area (Å²) in [6, 6.07) is 16.4.